The number of hydrogen-bond donors (Lipinski definition) is 1. The summed E-state index contributed by atoms with van der Waals surface area (Å²) in [7, 11) is 0. The van der Waals surface area contributed by atoms with Crippen molar-refractivity contribution in [3.8, 4) is 11.8 Å². The van der Waals surface area contributed by atoms with Crippen LogP contribution in [0.5, 0.6) is 0 Å². The third-order valence-electron chi connectivity index (χ3n) is 1.53. The highest BCUT2D eigenvalue weighted by molar-refractivity contribution is 5.29. The Balaban J connectivity index is 2.58. The number of hydrogen-bond acceptors (Lipinski definition) is 2. The van der Waals surface area contributed by atoms with Crippen LogP contribution in [-0.4, -0.2) is 16.3 Å². The first kappa shape index (κ1) is 9.56. The normalized spacial score (nSPS) is 9.00. The Labute approximate surface area is 78.2 Å². The van der Waals surface area contributed by atoms with E-state index in [4.69, 9.17) is 5.73 Å². The minimum absolute atomic E-state index is 0.387. The molecule has 1 aromatic rings. The van der Waals surface area contributed by atoms with Crippen LogP contribution in [-0.2, 0) is 6.54 Å². The summed E-state index contributed by atoms with van der Waals surface area (Å²) >= 11 is 0. The van der Waals surface area contributed by atoms with E-state index in [9.17, 15) is 0 Å². The summed E-state index contributed by atoms with van der Waals surface area (Å²) in [5, 5.41) is 4.13. The summed E-state index contributed by atoms with van der Waals surface area (Å²) in [6.45, 7) is 4.89. The topological polar surface area (TPSA) is 43.8 Å². The molecule has 0 saturated heterocycles. The first-order valence-corrected chi connectivity index (χ1v) is 4.19. The van der Waals surface area contributed by atoms with Crippen LogP contribution in [0.15, 0.2) is 25.0 Å². The van der Waals surface area contributed by atoms with E-state index < -0.39 is 0 Å². The van der Waals surface area contributed by atoms with E-state index in [2.05, 4.69) is 23.5 Å². The second kappa shape index (κ2) is 5.18. The number of allylic oxidation sites excluding steroid dienone is 1. The Hall–Kier alpha value is -1.53. The molecule has 68 valence electrons. The first-order valence-electron chi connectivity index (χ1n) is 4.19. The van der Waals surface area contributed by atoms with E-state index in [1.165, 1.54) is 0 Å². The molecule has 0 aromatic carbocycles. The Kier molecular flexibility index (Phi) is 3.80. The predicted octanol–water partition coefficient (Wildman–Crippen LogP) is 0.769. The zero-order valence-corrected chi connectivity index (χ0v) is 7.53. The molecule has 0 aliphatic carbocycles. The van der Waals surface area contributed by atoms with Crippen LogP contribution < -0.4 is 5.73 Å². The molecule has 13 heavy (non-hydrogen) atoms. The number of aryl methyl sites for hydroxylation is 1. The van der Waals surface area contributed by atoms with Crippen molar-refractivity contribution in [2.45, 2.75) is 13.0 Å². The van der Waals surface area contributed by atoms with Crippen molar-refractivity contribution < 1.29 is 0 Å². The highest BCUT2D eigenvalue weighted by atomic mass is 15.3. The lowest BCUT2D eigenvalue weighted by molar-refractivity contribution is 0.624. The van der Waals surface area contributed by atoms with Crippen molar-refractivity contribution in [3.63, 3.8) is 0 Å². The van der Waals surface area contributed by atoms with Crippen LogP contribution in [0.1, 0.15) is 12.0 Å². The van der Waals surface area contributed by atoms with Crippen molar-refractivity contribution in [1.29, 1.82) is 0 Å². The molecular weight excluding hydrogens is 162 g/mol. The molecule has 0 fully saturated rings. The van der Waals surface area contributed by atoms with Gasteiger partial charge >= 0.3 is 0 Å². The number of aromatic nitrogens is 2. The number of rotatable bonds is 3. The lowest BCUT2D eigenvalue weighted by Gasteiger charge is -1.94. The van der Waals surface area contributed by atoms with Gasteiger partial charge in [0.1, 0.15) is 0 Å². The molecule has 1 aromatic heterocycles. The second-order valence-electron chi connectivity index (χ2n) is 2.58. The quantitative estimate of drug-likeness (QED) is 0.544. The minimum Gasteiger partial charge on any atom is -0.320 e. The van der Waals surface area contributed by atoms with E-state index in [-0.39, 0.29) is 0 Å². The average molecular weight is 175 g/mol. The summed E-state index contributed by atoms with van der Waals surface area (Å²) in [4.78, 5) is 0. The summed E-state index contributed by atoms with van der Waals surface area (Å²) in [6.07, 6.45) is 6.44. The van der Waals surface area contributed by atoms with Crippen LogP contribution in [0.25, 0.3) is 0 Å². The molecule has 0 radical (unpaired) electrons. The molecule has 0 unspecified atom stereocenters. The highest BCUT2D eigenvalue weighted by Gasteiger charge is 1.92. The Morgan fingerprint density at radius 2 is 2.54 bits per heavy atom. The van der Waals surface area contributed by atoms with Gasteiger partial charge in [-0.2, -0.15) is 5.10 Å². The van der Waals surface area contributed by atoms with Gasteiger partial charge in [0.15, 0.2) is 0 Å². The SMILES string of the molecule is C=CCCn1cc(C#CCN)cn1. The van der Waals surface area contributed by atoms with Crippen molar-refractivity contribution in [2.24, 2.45) is 5.73 Å². The molecule has 0 atom stereocenters. The molecule has 0 spiro atoms. The van der Waals surface area contributed by atoms with Gasteiger partial charge in [0, 0.05) is 12.7 Å². The molecule has 0 bridgehead atoms. The van der Waals surface area contributed by atoms with E-state index in [1.807, 2.05) is 17.0 Å². The maximum Gasteiger partial charge on any atom is 0.0646 e. The van der Waals surface area contributed by atoms with E-state index in [0.29, 0.717) is 6.54 Å². The zero-order valence-electron chi connectivity index (χ0n) is 7.53. The van der Waals surface area contributed by atoms with Gasteiger partial charge in [-0.05, 0) is 6.42 Å². The van der Waals surface area contributed by atoms with E-state index in [1.54, 1.807) is 6.20 Å². The third kappa shape index (κ3) is 3.14. The standard InChI is InChI=1S/C10H13N3/c1-2-3-7-13-9-10(8-12-13)5-4-6-11/h2,8-9H,1,3,6-7,11H2. The molecule has 0 aliphatic heterocycles. The van der Waals surface area contributed by atoms with Crippen molar-refractivity contribution in [2.75, 3.05) is 6.54 Å². The van der Waals surface area contributed by atoms with Crippen LogP contribution in [0.4, 0.5) is 0 Å². The molecule has 0 saturated carbocycles. The van der Waals surface area contributed by atoms with Gasteiger partial charge in [0.25, 0.3) is 0 Å². The lowest BCUT2D eigenvalue weighted by atomic mass is 10.3. The van der Waals surface area contributed by atoms with Gasteiger partial charge in [0.2, 0.25) is 0 Å². The van der Waals surface area contributed by atoms with Gasteiger partial charge in [-0.1, -0.05) is 17.9 Å². The van der Waals surface area contributed by atoms with E-state index in [0.717, 1.165) is 18.5 Å². The molecule has 1 heterocycles. The molecule has 3 nitrogen and oxygen atoms in total. The summed E-state index contributed by atoms with van der Waals surface area (Å²) < 4.78 is 1.85. The number of nitrogens with zero attached hydrogens (tertiary/aromatic N) is 2. The molecule has 1 rings (SSSR count). The van der Waals surface area contributed by atoms with Crippen LogP contribution in [0.3, 0.4) is 0 Å². The van der Waals surface area contributed by atoms with Crippen molar-refractivity contribution in [1.82, 2.24) is 9.78 Å². The maximum absolute atomic E-state index is 5.25. The van der Waals surface area contributed by atoms with Crippen LogP contribution in [0, 0.1) is 11.8 Å². The number of nitrogens with two attached hydrogens (primary N) is 1. The fraction of sp³-hybridized carbons (Fsp3) is 0.300. The minimum atomic E-state index is 0.387. The summed E-state index contributed by atoms with van der Waals surface area (Å²) in [5.41, 5.74) is 6.16. The summed E-state index contributed by atoms with van der Waals surface area (Å²) in [6, 6.07) is 0. The molecule has 0 amide bonds. The molecule has 3 heteroatoms. The zero-order chi connectivity index (χ0) is 9.52. The third-order valence-corrected chi connectivity index (χ3v) is 1.53. The summed E-state index contributed by atoms with van der Waals surface area (Å²) in [5.74, 6) is 5.70. The highest BCUT2D eigenvalue weighted by Crippen LogP contribution is 1.96. The van der Waals surface area contributed by atoms with Gasteiger partial charge in [-0.3, -0.25) is 4.68 Å². The fourth-order valence-electron chi connectivity index (χ4n) is 0.927. The Morgan fingerprint density at radius 3 is 3.23 bits per heavy atom. The second-order valence-corrected chi connectivity index (χ2v) is 2.58. The molecule has 2 N–H and O–H groups in total. The van der Waals surface area contributed by atoms with Crippen molar-refractivity contribution >= 4 is 0 Å². The van der Waals surface area contributed by atoms with Crippen molar-refractivity contribution in [3.05, 3.63) is 30.6 Å². The Morgan fingerprint density at radius 1 is 1.69 bits per heavy atom. The monoisotopic (exact) mass is 175 g/mol. The first-order chi connectivity index (χ1) is 6.36. The predicted molar refractivity (Wildman–Crippen MR) is 53.0 cm³/mol. The lowest BCUT2D eigenvalue weighted by Crippen LogP contribution is -1.96. The Bertz CT molecular complexity index is 327. The average Bonchev–Trinajstić information content (AvgIpc) is 2.59. The van der Waals surface area contributed by atoms with Gasteiger partial charge in [-0.15, -0.1) is 6.58 Å². The molecular formula is C10H13N3. The van der Waals surface area contributed by atoms with Crippen LogP contribution in [0.2, 0.25) is 0 Å². The van der Waals surface area contributed by atoms with E-state index >= 15 is 0 Å². The molecule has 0 aliphatic rings. The largest absolute Gasteiger partial charge is 0.320 e. The fourth-order valence-corrected chi connectivity index (χ4v) is 0.927. The van der Waals surface area contributed by atoms with Gasteiger partial charge in [0.05, 0.1) is 18.3 Å². The van der Waals surface area contributed by atoms with Gasteiger partial charge < -0.3 is 5.73 Å². The van der Waals surface area contributed by atoms with Gasteiger partial charge in [-0.25, -0.2) is 0 Å². The van der Waals surface area contributed by atoms with Crippen LogP contribution >= 0.6 is 0 Å². The maximum atomic E-state index is 5.25. The smallest absolute Gasteiger partial charge is 0.0646 e.